The molecular weight excluding hydrogens is 387 g/mol. The number of nitrogen functional groups attached to an aromatic ring is 1. The van der Waals surface area contributed by atoms with Crippen molar-refractivity contribution in [2.75, 3.05) is 50.5 Å². The van der Waals surface area contributed by atoms with Crippen molar-refractivity contribution in [1.29, 1.82) is 0 Å². The number of ether oxygens (including phenoxy) is 1. The average molecular weight is 415 g/mol. The summed E-state index contributed by atoms with van der Waals surface area (Å²) < 4.78 is 5.32. The van der Waals surface area contributed by atoms with Crippen LogP contribution < -0.4 is 10.6 Å². The van der Waals surface area contributed by atoms with Crippen LogP contribution in [-0.4, -0.2) is 66.0 Å². The summed E-state index contributed by atoms with van der Waals surface area (Å²) in [5, 5.41) is 7.65. The Morgan fingerprint density at radius 1 is 1.26 bits per heavy atom. The number of hydrogen-bond acceptors (Lipinski definition) is 6. The molecule has 3 rings (SSSR count). The summed E-state index contributed by atoms with van der Waals surface area (Å²) in [7, 11) is 1.76. The van der Waals surface area contributed by atoms with Crippen molar-refractivity contribution in [3.8, 4) is 0 Å². The van der Waals surface area contributed by atoms with E-state index in [1.807, 2.05) is 12.1 Å². The number of methoxy groups -OCH3 is 1. The quantitative estimate of drug-likeness (QED) is 0.690. The Kier molecular flexibility index (Phi) is 8.63. The molecular formula is C18H28Cl2N6O. The predicted octanol–water partition coefficient (Wildman–Crippen LogP) is 2.62. The van der Waals surface area contributed by atoms with Crippen LogP contribution in [0.25, 0.3) is 0 Å². The maximum Gasteiger partial charge on any atom is 0.246 e. The topological polar surface area (TPSA) is 83.3 Å². The molecule has 0 amide bonds. The third kappa shape index (κ3) is 6.24. The Labute approximate surface area is 171 Å². The van der Waals surface area contributed by atoms with Gasteiger partial charge in [-0.1, -0.05) is 23.7 Å². The maximum atomic E-state index is 5.98. The van der Waals surface area contributed by atoms with Crippen molar-refractivity contribution in [3.05, 3.63) is 34.9 Å². The van der Waals surface area contributed by atoms with Crippen LogP contribution >= 0.6 is 24.0 Å². The number of nitrogens with one attached hydrogen (secondary N) is 1. The average Bonchev–Trinajstić information content (AvgIpc) is 3.10. The minimum absolute atomic E-state index is 0. The van der Waals surface area contributed by atoms with Gasteiger partial charge in [0.25, 0.3) is 0 Å². The summed E-state index contributed by atoms with van der Waals surface area (Å²) in [5.41, 5.74) is 6.94. The zero-order valence-corrected chi connectivity index (χ0v) is 17.2. The number of nitrogens with two attached hydrogens (primary N) is 1. The van der Waals surface area contributed by atoms with Gasteiger partial charge in [0.1, 0.15) is 0 Å². The number of piperidine rings is 1. The van der Waals surface area contributed by atoms with Crippen LogP contribution in [0.5, 0.6) is 0 Å². The van der Waals surface area contributed by atoms with E-state index in [-0.39, 0.29) is 12.4 Å². The Morgan fingerprint density at radius 2 is 1.96 bits per heavy atom. The number of benzene rings is 1. The first-order valence-corrected chi connectivity index (χ1v) is 9.44. The van der Waals surface area contributed by atoms with E-state index in [1.54, 1.807) is 7.11 Å². The van der Waals surface area contributed by atoms with Gasteiger partial charge >= 0.3 is 0 Å². The van der Waals surface area contributed by atoms with E-state index in [9.17, 15) is 0 Å². The van der Waals surface area contributed by atoms with Gasteiger partial charge in [-0.05, 0) is 37.0 Å². The van der Waals surface area contributed by atoms with Crippen molar-refractivity contribution < 1.29 is 4.74 Å². The van der Waals surface area contributed by atoms with E-state index in [2.05, 4.69) is 37.1 Å². The van der Waals surface area contributed by atoms with Gasteiger partial charge in [0, 0.05) is 44.4 Å². The van der Waals surface area contributed by atoms with Crippen molar-refractivity contribution in [1.82, 2.24) is 20.1 Å². The second kappa shape index (κ2) is 10.7. The number of hydrogen-bond donors (Lipinski definition) is 2. The summed E-state index contributed by atoms with van der Waals surface area (Å²) >= 11 is 5.98. The van der Waals surface area contributed by atoms with E-state index >= 15 is 0 Å². The largest absolute Gasteiger partial charge is 0.383 e. The maximum absolute atomic E-state index is 5.98. The van der Waals surface area contributed by atoms with Crippen molar-refractivity contribution in [2.24, 2.45) is 0 Å². The van der Waals surface area contributed by atoms with E-state index < -0.39 is 0 Å². The fourth-order valence-electron chi connectivity index (χ4n) is 3.45. The van der Waals surface area contributed by atoms with Crippen LogP contribution in [0.15, 0.2) is 24.3 Å². The number of H-pyrrole nitrogens is 1. The number of aromatic amines is 1. The Balaban J connectivity index is 0.00000261. The lowest BCUT2D eigenvalue weighted by Gasteiger charge is -2.38. The van der Waals surface area contributed by atoms with Gasteiger partial charge in [-0.15, -0.1) is 17.5 Å². The van der Waals surface area contributed by atoms with Gasteiger partial charge in [-0.3, -0.25) is 4.90 Å². The summed E-state index contributed by atoms with van der Waals surface area (Å²) in [6, 6.07) is 8.67. The molecule has 1 aromatic carbocycles. The van der Waals surface area contributed by atoms with Crippen molar-refractivity contribution in [2.45, 2.75) is 25.3 Å². The second-order valence-corrected chi connectivity index (χ2v) is 7.08. The minimum atomic E-state index is 0. The molecule has 27 heavy (non-hydrogen) atoms. The lowest BCUT2D eigenvalue weighted by molar-refractivity contribution is 0.109. The second-order valence-electron chi connectivity index (χ2n) is 6.64. The SMILES string of the molecule is COCCN(CCc1ccc(Cl)cc1)C1CCN(c2n[nH]c(N)n2)CC1.Cl. The highest BCUT2D eigenvalue weighted by Crippen LogP contribution is 2.21. The first-order valence-electron chi connectivity index (χ1n) is 9.06. The molecule has 150 valence electrons. The molecule has 1 aromatic heterocycles. The molecule has 9 heteroatoms. The number of anilines is 2. The molecule has 0 spiro atoms. The van der Waals surface area contributed by atoms with Crippen LogP contribution in [0, 0.1) is 0 Å². The van der Waals surface area contributed by atoms with E-state index in [0.717, 1.165) is 57.1 Å². The summed E-state index contributed by atoms with van der Waals surface area (Å²) in [5.74, 6) is 1.07. The van der Waals surface area contributed by atoms with Crippen LogP contribution in [0.2, 0.25) is 5.02 Å². The molecule has 1 fully saturated rings. The lowest BCUT2D eigenvalue weighted by Crippen LogP contribution is -2.47. The van der Waals surface area contributed by atoms with Gasteiger partial charge in [0.15, 0.2) is 0 Å². The van der Waals surface area contributed by atoms with Gasteiger partial charge in [-0.25, -0.2) is 5.10 Å². The Bertz CT molecular complexity index is 673. The number of nitrogens with zero attached hydrogens (tertiary/aromatic N) is 4. The third-order valence-electron chi connectivity index (χ3n) is 4.94. The highest BCUT2D eigenvalue weighted by molar-refractivity contribution is 6.30. The Hall–Kier alpha value is -1.54. The fourth-order valence-corrected chi connectivity index (χ4v) is 3.57. The number of aromatic nitrogens is 3. The molecule has 0 atom stereocenters. The molecule has 1 aliphatic rings. The highest BCUT2D eigenvalue weighted by Gasteiger charge is 2.26. The van der Waals surface area contributed by atoms with Crippen LogP contribution in [0.4, 0.5) is 11.9 Å². The molecule has 0 radical (unpaired) electrons. The molecule has 0 unspecified atom stereocenters. The smallest absolute Gasteiger partial charge is 0.246 e. The first kappa shape index (κ1) is 21.8. The van der Waals surface area contributed by atoms with E-state index in [4.69, 9.17) is 22.1 Å². The van der Waals surface area contributed by atoms with Gasteiger partial charge in [0.2, 0.25) is 11.9 Å². The molecule has 0 bridgehead atoms. The normalized spacial score (nSPS) is 15.1. The number of rotatable bonds is 8. The monoisotopic (exact) mass is 414 g/mol. The van der Waals surface area contributed by atoms with Crippen molar-refractivity contribution >= 4 is 35.9 Å². The summed E-state index contributed by atoms with van der Waals surface area (Å²) in [6.45, 7) is 4.59. The summed E-state index contributed by atoms with van der Waals surface area (Å²) in [4.78, 5) is 8.96. The number of halogens is 2. The highest BCUT2D eigenvalue weighted by atomic mass is 35.5. The van der Waals surface area contributed by atoms with Crippen LogP contribution in [0.1, 0.15) is 18.4 Å². The van der Waals surface area contributed by atoms with E-state index in [0.29, 0.717) is 17.9 Å². The zero-order chi connectivity index (χ0) is 18.4. The fraction of sp³-hybridized carbons (Fsp3) is 0.556. The first-order chi connectivity index (χ1) is 12.7. The lowest BCUT2D eigenvalue weighted by atomic mass is 10.0. The minimum Gasteiger partial charge on any atom is -0.383 e. The van der Waals surface area contributed by atoms with Crippen LogP contribution in [-0.2, 0) is 11.2 Å². The van der Waals surface area contributed by atoms with Crippen molar-refractivity contribution in [3.63, 3.8) is 0 Å². The molecule has 7 nitrogen and oxygen atoms in total. The Morgan fingerprint density at radius 3 is 2.56 bits per heavy atom. The van der Waals surface area contributed by atoms with E-state index in [1.165, 1.54) is 5.56 Å². The zero-order valence-electron chi connectivity index (χ0n) is 15.6. The van der Waals surface area contributed by atoms with Gasteiger partial charge in [0.05, 0.1) is 6.61 Å². The molecule has 1 saturated heterocycles. The molecule has 0 aliphatic carbocycles. The molecule has 3 N–H and O–H groups in total. The molecule has 0 saturated carbocycles. The summed E-state index contributed by atoms with van der Waals surface area (Å²) in [6.07, 6.45) is 3.18. The van der Waals surface area contributed by atoms with Crippen LogP contribution in [0.3, 0.4) is 0 Å². The molecule has 1 aliphatic heterocycles. The molecule has 2 heterocycles. The third-order valence-corrected chi connectivity index (χ3v) is 5.19. The van der Waals surface area contributed by atoms with Gasteiger partial charge < -0.3 is 15.4 Å². The van der Waals surface area contributed by atoms with Gasteiger partial charge in [-0.2, -0.15) is 4.98 Å². The predicted molar refractivity (Wildman–Crippen MR) is 112 cm³/mol. The molecule has 2 aromatic rings. The standard InChI is InChI=1S/C18H27ClN6O.ClH/c1-26-13-12-24(9-6-14-2-4-15(19)5-3-14)16-7-10-25(11-8-16)18-21-17(20)22-23-18;/h2-5,16H,6-13H2,1H3,(H3,20,21,22,23);1H.